The van der Waals surface area contributed by atoms with Gasteiger partial charge in [-0.1, -0.05) is 54.4 Å². The van der Waals surface area contributed by atoms with E-state index < -0.39 is 23.8 Å². The monoisotopic (exact) mass is 524 g/mol. The van der Waals surface area contributed by atoms with Gasteiger partial charge in [0, 0.05) is 17.4 Å². The van der Waals surface area contributed by atoms with E-state index in [0.29, 0.717) is 28.5 Å². The van der Waals surface area contributed by atoms with Crippen LogP contribution in [0.15, 0.2) is 72.8 Å². The van der Waals surface area contributed by atoms with Gasteiger partial charge in [0.1, 0.15) is 6.04 Å². The maximum Gasteiger partial charge on any atom is 0.326 e. The largest absolute Gasteiger partial charge is 0.493 e. The third kappa shape index (κ3) is 5.37. The number of benzene rings is 3. The molecule has 9 heteroatoms. The zero-order chi connectivity index (χ0) is 25.8. The number of carboxylic acid groups (broad SMARTS) is 1. The molecule has 36 heavy (non-hydrogen) atoms. The number of methoxy groups -OCH3 is 1. The Kier molecular flexibility index (Phi) is 7.62. The molecule has 2 unspecified atom stereocenters. The summed E-state index contributed by atoms with van der Waals surface area (Å²) in [6.45, 7) is 1.72. The Balaban J connectivity index is 1.57. The Morgan fingerprint density at radius 1 is 0.944 bits per heavy atom. The summed E-state index contributed by atoms with van der Waals surface area (Å²) in [5.74, 6) is -0.899. The minimum atomic E-state index is -1.22. The summed E-state index contributed by atoms with van der Waals surface area (Å²) in [7, 11) is 1.56. The van der Waals surface area contributed by atoms with Gasteiger partial charge in [0.15, 0.2) is 11.5 Å². The smallest absolute Gasteiger partial charge is 0.326 e. The van der Waals surface area contributed by atoms with Crippen LogP contribution in [-0.4, -0.2) is 35.1 Å². The quantitative estimate of drug-likeness (QED) is 0.279. The van der Waals surface area contributed by atoms with Gasteiger partial charge in [0.25, 0.3) is 5.91 Å². The predicted octanol–water partition coefficient (Wildman–Crippen LogP) is 6.33. The zero-order valence-electron chi connectivity index (χ0n) is 19.4. The summed E-state index contributed by atoms with van der Waals surface area (Å²) in [6, 6.07) is 19.6. The van der Waals surface area contributed by atoms with E-state index in [-0.39, 0.29) is 15.6 Å². The number of halogens is 2. The summed E-state index contributed by atoms with van der Waals surface area (Å²) in [5, 5.41) is 13.5. The number of carbonyl (C=O) groups is 2. The first-order chi connectivity index (χ1) is 17.3. The first kappa shape index (κ1) is 25.3. The number of aromatic nitrogens is 1. The van der Waals surface area contributed by atoms with Gasteiger partial charge in [-0.05, 0) is 48.0 Å². The van der Waals surface area contributed by atoms with Gasteiger partial charge < -0.3 is 19.9 Å². The van der Waals surface area contributed by atoms with Gasteiger partial charge in [-0.3, -0.25) is 4.79 Å². The second kappa shape index (κ2) is 10.8. The van der Waals surface area contributed by atoms with Crippen molar-refractivity contribution in [1.82, 2.24) is 10.3 Å². The number of fused-ring (bicyclic) bond motifs is 1. The van der Waals surface area contributed by atoms with E-state index in [0.717, 1.165) is 5.39 Å². The molecule has 4 rings (SSSR count). The van der Waals surface area contributed by atoms with E-state index >= 15 is 0 Å². The number of nitrogens with one attached hydrogen (secondary N) is 1. The highest BCUT2D eigenvalue weighted by Crippen LogP contribution is 2.32. The minimum absolute atomic E-state index is 0.0320. The summed E-state index contributed by atoms with van der Waals surface area (Å²) < 4.78 is 11.2. The lowest BCUT2D eigenvalue weighted by Crippen LogP contribution is -2.44. The Bertz CT molecular complexity index is 1420. The summed E-state index contributed by atoms with van der Waals surface area (Å²) in [4.78, 5) is 29.4. The van der Waals surface area contributed by atoms with Crippen molar-refractivity contribution < 1.29 is 24.2 Å². The van der Waals surface area contributed by atoms with E-state index in [9.17, 15) is 14.7 Å². The maximum absolute atomic E-state index is 12.8. The number of hydrogen-bond acceptors (Lipinski definition) is 5. The third-order valence-electron chi connectivity index (χ3n) is 5.74. The van der Waals surface area contributed by atoms with Gasteiger partial charge in [-0.15, -0.1) is 0 Å². The van der Waals surface area contributed by atoms with Crippen LogP contribution < -0.4 is 14.8 Å². The van der Waals surface area contributed by atoms with Crippen LogP contribution in [0.4, 0.5) is 0 Å². The first-order valence-electron chi connectivity index (χ1n) is 11.0. The lowest BCUT2D eigenvalue weighted by molar-refractivity contribution is -0.139. The number of para-hydroxylation sites is 2. The van der Waals surface area contributed by atoms with Gasteiger partial charge in [-0.25, -0.2) is 9.78 Å². The van der Waals surface area contributed by atoms with Crippen molar-refractivity contribution in [2.45, 2.75) is 18.9 Å². The molecule has 4 aromatic rings. The molecule has 0 bridgehead atoms. The van der Waals surface area contributed by atoms with Crippen LogP contribution in [0, 0.1) is 0 Å². The molecule has 184 valence electrons. The van der Waals surface area contributed by atoms with Crippen LogP contribution in [0.1, 0.15) is 28.8 Å². The molecule has 0 aliphatic carbocycles. The topological polar surface area (TPSA) is 97.8 Å². The Hall–Kier alpha value is -3.81. The van der Waals surface area contributed by atoms with Crippen LogP contribution in [0.2, 0.25) is 10.0 Å². The van der Waals surface area contributed by atoms with Crippen molar-refractivity contribution in [3.63, 3.8) is 0 Å². The average molecular weight is 525 g/mol. The van der Waals surface area contributed by atoms with Crippen LogP contribution in [0.25, 0.3) is 10.9 Å². The lowest BCUT2D eigenvalue weighted by atomic mass is 9.92. The van der Waals surface area contributed by atoms with E-state index in [2.05, 4.69) is 10.3 Å². The van der Waals surface area contributed by atoms with Gasteiger partial charge in [0.05, 0.1) is 28.2 Å². The molecule has 0 saturated heterocycles. The number of aliphatic carboxylic acids is 1. The standard InChI is InChI=1S/C27H22Cl2N2O5/c1-15(25(27(33)34)31-26(32)24-18(28)6-5-7-19(24)29)16-10-12-20-17(14-16)11-13-23(30-20)36-22-9-4-3-8-21(22)35-2/h3-15,25H,1-2H3,(H,31,32)(H,33,34). The summed E-state index contributed by atoms with van der Waals surface area (Å²) >= 11 is 12.2. The highest BCUT2D eigenvalue weighted by atomic mass is 35.5. The Labute approximate surface area is 217 Å². The van der Waals surface area contributed by atoms with Crippen molar-refractivity contribution in [2.24, 2.45) is 0 Å². The van der Waals surface area contributed by atoms with Crippen molar-refractivity contribution in [2.75, 3.05) is 7.11 Å². The molecular formula is C27H22Cl2N2O5. The Morgan fingerprint density at radius 2 is 1.64 bits per heavy atom. The number of carbonyl (C=O) groups excluding carboxylic acids is 1. The van der Waals surface area contributed by atoms with Gasteiger partial charge >= 0.3 is 5.97 Å². The molecule has 0 spiro atoms. The molecule has 0 aliphatic heterocycles. The SMILES string of the molecule is COc1ccccc1Oc1ccc2cc(C(C)C(NC(=O)c3c(Cl)cccc3Cl)C(=O)O)ccc2n1. The highest BCUT2D eigenvalue weighted by molar-refractivity contribution is 6.39. The van der Waals surface area contributed by atoms with E-state index in [4.69, 9.17) is 32.7 Å². The molecule has 1 heterocycles. The van der Waals surface area contributed by atoms with Crippen LogP contribution >= 0.6 is 23.2 Å². The molecule has 2 N–H and O–H groups in total. The number of rotatable bonds is 8. The van der Waals surface area contributed by atoms with Crippen LogP contribution in [-0.2, 0) is 4.79 Å². The molecule has 0 aliphatic rings. The molecule has 2 atom stereocenters. The number of carboxylic acids is 1. The van der Waals surface area contributed by atoms with E-state index in [1.807, 2.05) is 24.3 Å². The number of ether oxygens (including phenoxy) is 2. The third-order valence-corrected chi connectivity index (χ3v) is 6.37. The number of nitrogens with zero attached hydrogens (tertiary/aromatic N) is 1. The van der Waals surface area contributed by atoms with Crippen molar-refractivity contribution in [3.05, 3.63) is 94.0 Å². The van der Waals surface area contributed by atoms with E-state index in [1.165, 1.54) is 12.1 Å². The maximum atomic E-state index is 12.8. The predicted molar refractivity (Wildman–Crippen MR) is 139 cm³/mol. The number of amides is 1. The molecule has 7 nitrogen and oxygen atoms in total. The fourth-order valence-electron chi connectivity index (χ4n) is 3.80. The van der Waals surface area contributed by atoms with E-state index in [1.54, 1.807) is 50.4 Å². The fourth-order valence-corrected chi connectivity index (χ4v) is 4.37. The molecule has 0 saturated carbocycles. The second-order valence-corrected chi connectivity index (χ2v) is 8.84. The average Bonchev–Trinajstić information content (AvgIpc) is 2.86. The molecule has 0 radical (unpaired) electrons. The molecule has 1 amide bonds. The normalized spacial score (nSPS) is 12.6. The number of hydrogen-bond donors (Lipinski definition) is 2. The lowest BCUT2D eigenvalue weighted by Gasteiger charge is -2.22. The first-order valence-corrected chi connectivity index (χ1v) is 11.7. The van der Waals surface area contributed by atoms with Gasteiger partial charge in [-0.2, -0.15) is 0 Å². The fraction of sp³-hybridized carbons (Fsp3) is 0.148. The van der Waals surface area contributed by atoms with Crippen molar-refractivity contribution >= 4 is 46.0 Å². The number of pyridine rings is 1. The zero-order valence-corrected chi connectivity index (χ0v) is 20.9. The van der Waals surface area contributed by atoms with Crippen LogP contribution in [0.3, 0.4) is 0 Å². The minimum Gasteiger partial charge on any atom is -0.493 e. The van der Waals surface area contributed by atoms with Crippen LogP contribution in [0.5, 0.6) is 17.4 Å². The summed E-state index contributed by atoms with van der Waals surface area (Å²) in [6.07, 6.45) is 0. The van der Waals surface area contributed by atoms with Crippen molar-refractivity contribution in [3.8, 4) is 17.4 Å². The molecule has 1 aromatic heterocycles. The van der Waals surface area contributed by atoms with Crippen molar-refractivity contribution in [1.29, 1.82) is 0 Å². The second-order valence-electron chi connectivity index (χ2n) is 8.03. The molecular weight excluding hydrogens is 503 g/mol. The highest BCUT2D eigenvalue weighted by Gasteiger charge is 2.29. The summed E-state index contributed by atoms with van der Waals surface area (Å²) in [5.41, 5.74) is 1.40. The Morgan fingerprint density at radius 3 is 2.31 bits per heavy atom. The van der Waals surface area contributed by atoms with Gasteiger partial charge in [0.2, 0.25) is 5.88 Å². The molecule has 3 aromatic carbocycles. The molecule has 0 fully saturated rings.